The van der Waals surface area contributed by atoms with Crippen LogP contribution in [0.1, 0.15) is 37.2 Å². The van der Waals surface area contributed by atoms with Gasteiger partial charge in [0.1, 0.15) is 5.75 Å². The molecule has 1 aromatic carbocycles. The monoisotopic (exact) mass is 283 g/mol. The number of rotatable bonds is 1. The molecule has 3 heteroatoms. The Kier molecular flexibility index (Phi) is 3.55. The highest BCUT2D eigenvalue weighted by Gasteiger charge is 2.33. The lowest BCUT2D eigenvalue weighted by molar-refractivity contribution is 0.362. The van der Waals surface area contributed by atoms with E-state index in [0.717, 1.165) is 12.1 Å². The van der Waals surface area contributed by atoms with Gasteiger partial charge in [-0.15, -0.1) is 17.0 Å². The number of benzene rings is 1. The molecule has 0 aliphatic carbocycles. The summed E-state index contributed by atoms with van der Waals surface area (Å²) in [5, 5.41) is 13.1. The summed E-state index contributed by atoms with van der Waals surface area (Å²) in [5.74, 6) is 1.05. The molecule has 0 amide bonds. The van der Waals surface area contributed by atoms with E-state index in [1.165, 1.54) is 31.2 Å². The van der Waals surface area contributed by atoms with Gasteiger partial charge in [-0.1, -0.05) is 12.1 Å². The van der Waals surface area contributed by atoms with E-state index in [4.69, 9.17) is 0 Å². The molecule has 0 unspecified atom stereocenters. The standard InChI is InChI=1S/C13H17NO.BrH/c15-13-3-1-2-9(8-13)10-6-11-4-5-12(7-10)14-11;/h1-3,8,10-12,14-15H,4-7H2;1H/t10-,11+,12-;. The van der Waals surface area contributed by atoms with Gasteiger partial charge in [0.05, 0.1) is 0 Å². The van der Waals surface area contributed by atoms with Crippen LogP contribution in [0, 0.1) is 0 Å². The Morgan fingerprint density at radius 1 is 1.12 bits per heavy atom. The van der Waals surface area contributed by atoms with Crippen molar-refractivity contribution in [3.8, 4) is 5.75 Å². The minimum Gasteiger partial charge on any atom is -0.508 e. The predicted molar refractivity (Wildman–Crippen MR) is 70.3 cm³/mol. The van der Waals surface area contributed by atoms with Crippen molar-refractivity contribution in [3.63, 3.8) is 0 Å². The normalized spacial score (nSPS) is 32.1. The Labute approximate surface area is 107 Å². The van der Waals surface area contributed by atoms with Gasteiger partial charge in [-0.2, -0.15) is 0 Å². The molecule has 3 atom stereocenters. The van der Waals surface area contributed by atoms with Crippen molar-refractivity contribution in [2.75, 3.05) is 0 Å². The van der Waals surface area contributed by atoms with Crippen molar-refractivity contribution >= 4 is 17.0 Å². The average Bonchev–Trinajstić information content (AvgIpc) is 2.58. The molecular weight excluding hydrogens is 266 g/mol. The van der Waals surface area contributed by atoms with Crippen LogP contribution in [-0.2, 0) is 0 Å². The largest absolute Gasteiger partial charge is 0.508 e. The highest BCUT2D eigenvalue weighted by Crippen LogP contribution is 2.37. The maximum Gasteiger partial charge on any atom is 0.115 e. The highest BCUT2D eigenvalue weighted by atomic mass is 79.9. The summed E-state index contributed by atoms with van der Waals surface area (Å²) >= 11 is 0. The molecule has 16 heavy (non-hydrogen) atoms. The van der Waals surface area contributed by atoms with Crippen molar-refractivity contribution in [2.24, 2.45) is 0 Å². The first-order chi connectivity index (χ1) is 7.31. The molecule has 3 rings (SSSR count). The van der Waals surface area contributed by atoms with Gasteiger partial charge in [0.15, 0.2) is 0 Å². The zero-order valence-corrected chi connectivity index (χ0v) is 10.9. The van der Waals surface area contributed by atoms with Gasteiger partial charge in [0.2, 0.25) is 0 Å². The molecule has 2 aliphatic heterocycles. The Hall–Kier alpha value is -0.540. The molecular formula is C13H18BrNO. The van der Waals surface area contributed by atoms with Crippen molar-refractivity contribution in [1.82, 2.24) is 5.32 Å². The number of halogens is 1. The van der Waals surface area contributed by atoms with E-state index in [1.807, 2.05) is 12.1 Å². The molecule has 2 fully saturated rings. The topological polar surface area (TPSA) is 32.3 Å². The van der Waals surface area contributed by atoms with Gasteiger partial charge in [-0.05, 0) is 49.3 Å². The summed E-state index contributed by atoms with van der Waals surface area (Å²) in [6, 6.07) is 9.21. The number of phenols is 1. The van der Waals surface area contributed by atoms with Crippen LogP contribution in [0.25, 0.3) is 0 Å². The first-order valence-electron chi connectivity index (χ1n) is 5.86. The lowest BCUT2D eigenvalue weighted by Crippen LogP contribution is -2.37. The van der Waals surface area contributed by atoms with Crippen molar-refractivity contribution in [1.29, 1.82) is 0 Å². The summed E-state index contributed by atoms with van der Waals surface area (Å²) < 4.78 is 0. The first kappa shape index (κ1) is 11.9. The quantitative estimate of drug-likeness (QED) is 0.831. The maximum atomic E-state index is 9.48. The molecule has 2 nitrogen and oxygen atoms in total. The molecule has 1 aromatic rings. The second-order valence-corrected chi connectivity index (χ2v) is 4.90. The third-order valence-electron chi connectivity index (χ3n) is 3.81. The van der Waals surface area contributed by atoms with Crippen LogP contribution in [-0.4, -0.2) is 17.2 Å². The van der Waals surface area contributed by atoms with Crippen LogP contribution in [0.5, 0.6) is 5.75 Å². The summed E-state index contributed by atoms with van der Waals surface area (Å²) in [6.45, 7) is 0. The van der Waals surface area contributed by atoms with Gasteiger partial charge in [-0.25, -0.2) is 0 Å². The van der Waals surface area contributed by atoms with Gasteiger partial charge >= 0.3 is 0 Å². The van der Waals surface area contributed by atoms with E-state index < -0.39 is 0 Å². The highest BCUT2D eigenvalue weighted by molar-refractivity contribution is 8.93. The number of nitrogens with one attached hydrogen (secondary N) is 1. The third kappa shape index (κ3) is 2.25. The smallest absolute Gasteiger partial charge is 0.115 e. The second-order valence-electron chi connectivity index (χ2n) is 4.90. The van der Waals surface area contributed by atoms with Crippen LogP contribution >= 0.6 is 17.0 Å². The fraction of sp³-hybridized carbons (Fsp3) is 0.538. The van der Waals surface area contributed by atoms with Crippen LogP contribution in [0.2, 0.25) is 0 Å². The Bertz CT molecular complexity index is 357. The van der Waals surface area contributed by atoms with Crippen molar-refractivity contribution in [2.45, 2.75) is 43.7 Å². The Morgan fingerprint density at radius 3 is 2.44 bits per heavy atom. The van der Waals surface area contributed by atoms with Gasteiger partial charge in [-0.3, -0.25) is 0 Å². The van der Waals surface area contributed by atoms with Gasteiger partial charge in [0, 0.05) is 12.1 Å². The van der Waals surface area contributed by atoms with Crippen molar-refractivity contribution < 1.29 is 5.11 Å². The van der Waals surface area contributed by atoms with E-state index in [-0.39, 0.29) is 17.0 Å². The van der Waals surface area contributed by atoms with E-state index in [1.54, 1.807) is 6.07 Å². The van der Waals surface area contributed by atoms with Crippen molar-refractivity contribution in [3.05, 3.63) is 29.8 Å². The number of aromatic hydroxyl groups is 1. The summed E-state index contributed by atoms with van der Waals surface area (Å²) in [5.41, 5.74) is 1.31. The van der Waals surface area contributed by atoms with Crippen LogP contribution in [0.4, 0.5) is 0 Å². The minimum absolute atomic E-state index is 0. The van der Waals surface area contributed by atoms with Gasteiger partial charge < -0.3 is 10.4 Å². The van der Waals surface area contributed by atoms with Crippen LogP contribution in [0.3, 0.4) is 0 Å². The van der Waals surface area contributed by atoms with Crippen LogP contribution in [0.15, 0.2) is 24.3 Å². The van der Waals surface area contributed by atoms with E-state index in [9.17, 15) is 5.11 Å². The molecule has 2 N–H and O–H groups in total. The zero-order valence-electron chi connectivity index (χ0n) is 9.23. The number of hydrogen-bond acceptors (Lipinski definition) is 2. The Morgan fingerprint density at radius 2 is 1.81 bits per heavy atom. The molecule has 2 saturated heterocycles. The Balaban J connectivity index is 0.000000963. The number of phenolic OH excluding ortho intramolecular Hbond substituents is 1. The lowest BCUT2D eigenvalue weighted by Gasteiger charge is -2.29. The number of piperidine rings is 1. The SMILES string of the molecule is Br.Oc1cccc([C@H]2C[C@H]3CC[C@@H](C2)N3)c1. The zero-order chi connectivity index (χ0) is 10.3. The molecule has 0 aromatic heterocycles. The predicted octanol–water partition coefficient (Wildman–Crippen LogP) is 2.97. The lowest BCUT2D eigenvalue weighted by atomic mass is 9.86. The molecule has 2 heterocycles. The first-order valence-corrected chi connectivity index (χ1v) is 5.86. The minimum atomic E-state index is 0. The maximum absolute atomic E-state index is 9.48. The number of hydrogen-bond donors (Lipinski definition) is 2. The fourth-order valence-electron chi connectivity index (χ4n) is 3.11. The van der Waals surface area contributed by atoms with Crippen LogP contribution < -0.4 is 5.32 Å². The van der Waals surface area contributed by atoms with E-state index in [0.29, 0.717) is 11.7 Å². The molecule has 0 radical (unpaired) electrons. The summed E-state index contributed by atoms with van der Waals surface area (Å²) in [7, 11) is 0. The van der Waals surface area contributed by atoms with Gasteiger partial charge in [0.25, 0.3) is 0 Å². The molecule has 88 valence electrons. The van der Waals surface area contributed by atoms with E-state index in [2.05, 4.69) is 11.4 Å². The summed E-state index contributed by atoms with van der Waals surface area (Å²) in [4.78, 5) is 0. The molecule has 0 saturated carbocycles. The summed E-state index contributed by atoms with van der Waals surface area (Å²) in [6.07, 6.45) is 5.14. The molecule has 2 aliphatic rings. The number of fused-ring (bicyclic) bond motifs is 2. The van der Waals surface area contributed by atoms with E-state index >= 15 is 0 Å². The molecule has 0 spiro atoms. The second kappa shape index (κ2) is 4.76. The third-order valence-corrected chi connectivity index (χ3v) is 3.81. The fourth-order valence-corrected chi connectivity index (χ4v) is 3.11. The average molecular weight is 284 g/mol. The molecule has 2 bridgehead atoms.